The summed E-state index contributed by atoms with van der Waals surface area (Å²) >= 11 is 0. The average molecular weight is 251 g/mol. The highest BCUT2D eigenvalue weighted by molar-refractivity contribution is 5.98. The molecule has 2 heterocycles. The number of nitrogen functional groups attached to an aromatic ring is 1. The second-order valence-electron chi connectivity index (χ2n) is 3.82. The predicted molar refractivity (Wildman–Crippen MR) is 61.0 cm³/mol. The third-order valence-corrected chi connectivity index (χ3v) is 2.40. The number of rotatable bonds is 3. The summed E-state index contributed by atoms with van der Waals surface area (Å²) in [5.41, 5.74) is 3.10. The smallest absolute Gasteiger partial charge is 0.255 e. The first-order valence-corrected chi connectivity index (χ1v) is 5.32. The van der Waals surface area contributed by atoms with Crippen molar-refractivity contribution in [2.75, 3.05) is 18.6 Å². The molecule has 1 aliphatic heterocycles. The minimum atomic E-state index is -0.390. The fourth-order valence-corrected chi connectivity index (χ4v) is 1.61. The first kappa shape index (κ1) is 12.4. The van der Waals surface area contributed by atoms with Crippen molar-refractivity contribution in [3.63, 3.8) is 0 Å². The minimum absolute atomic E-state index is 0.0252. The second kappa shape index (κ2) is 5.07. The molecule has 1 aromatic rings. The summed E-state index contributed by atoms with van der Waals surface area (Å²) in [5.74, 6) is 5.28. The standard InChI is InChI=1S/C10H13N5O3/c1-6-2-7(14-11)13-8(12-6)3-15-9(16)4-18-5-10(15)17/h2H,3-5,11H2,1H3,(H,12,13,14). The summed E-state index contributed by atoms with van der Waals surface area (Å²) < 4.78 is 4.82. The van der Waals surface area contributed by atoms with Gasteiger partial charge in [-0.3, -0.25) is 14.5 Å². The molecule has 0 bridgehead atoms. The van der Waals surface area contributed by atoms with Crippen molar-refractivity contribution in [2.45, 2.75) is 13.5 Å². The van der Waals surface area contributed by atoms with Crippen LogP contribution in [0.15, 0.2) is 6.07 Å². The van der Waals surface area contributed by atoms with Crippen molar-refractivity contribution in [1.29, 1.82) is 0 Å². The second-order valence-corrected chi connectivity index (χ2v) is 3.82. The van der Waals surface area contributed by atoms with Gasteiger partial charge in [0.25, 0.3) is 11.8 Å². The van der Waals surface area contributed by atoms with Gasteiger partial charge in [-0.25, -0.2) is 15.8 Å². The summed E-state index contributed by atoms with van der Waals surface area (Å²) in [6, 6.07) is 1.66. The van der Waals surface area contributed by atoms with Gasteiger partial charge in [-0.05, 0) is 6.92 Å². The van der Waals surface area contributed by atoms with E-state index in [1.165, 1.54) is 0 Å². The molecular weight excluding hydrogens is 238 g/mol. The number of ether oxygens (including phenoxy) is 1. The van der Waals surface area contributed by atoms with Crippen LogP contribution < -0.4 is 11.3 Å². The molecule has 2 amide bonds. The maximum atomic E-state index is 11.5. The number of amides is 2. The molecule has 0 saturated carbocycles. The van der Waals surface area contributed by atoms with Crippen molar-refractivity contribution in [3.05, 3.63) is 17.6 Å². The van der Waals surface area contributed by atoms with E-state index in [9.17, 15) is 9.59 Å². The molecule has 0 radical (unpaired) electrons. The SMILES string of the molecule is Cc1cc(NN)nc(CN2C(=O)COCC2=O)n1. The van der Waals surface area contributed by atoms with Gasteiger partial charge in [0.05, 0.1) is 6.54 Å². The van der Waals surface area contributed by atoms with Gasteiger partial charge in [0, 0.05) is 11.8 Å². The number of morpholine rings is 1. The fourth-order valence-electron chi connectivity index (χ4n) is 1.61. The molecule has 1 aliphatic rings. The number of imide groups is 1. The first-order valence-electron chi connectivity index (χ1n) is 5.32. The Morgan fingerprint density at radius 2 is 2.06 bits per heavy atom. The Kier molecular flexibility index (Phi) is 3.49. The minimum Gasteiger partial charge on any atom is -0.362 e. The Balaban J connectivity index is 2.19. The molecule has 96 valence electrons. The van der Waals surface area contributed by atoms with E-state index in [-0.39, 0.29) is 19.8 Å². The average Bonchev–Trinajstić information content (AvgIpc) is 2.33. The van der Waals surface area contributed by atoms with Crippen LogP contribution in [0.2, 0.25) is 0 Å². The number of aromatic nitrogens is 2. The Morgan fingerprint density at radius 3 is 2.67 bits per heavy atom. The number of carbonyl (C=O) groups excluding carboxylic acids is 2. The van der Waals surface area contributed by atoms with Crippen LogP contribution in [0.5, 0.6) is 0 Å². The molecule has 8 nitrogen and oxygen atoms in total. The molecule has 0 atom stereocenters. The van der Waals surface area contributed by atoms with E-state index in [2.05, 4.69) is 15.4 Å². The van der Waals surface area contributed by atoms with Crippen LogP contribution in [0.25, 0.3) is 0 Å². The van der Waals surface area contributed by atoms with Gasteiger partial charge < -0.3 is 10.2 Å². The first-order chi connectivity index (χ1) is 8.60. The lowest BCUT2D eigenvalue weighted by molar-refractivity contribution is -0.159. The van der Waals surface area contributed by atoms with Crippen molar-refractivity contribution in [1.82, 2.24) is 14.9 Å². The summed E-state index contributed by atoms with van der Waals surface area (Å²) in [6.07, 6.45) is 0. The van der Waals surface area contributed by atoms with Gasteiger partial charge in [0.1, 0.15) is 19.0 Å². The number of carbonyl (C=O) groups is 2. The molecule has 3 N–H and O–H groups in total. The highest BCUT2D eigenvalue weighted by Gasteiger charge is 2.27. The zero-order chi connectivity index (χ0) is 13.1. The summed E-state index contributed by atoms with van der Waals surface area (Å²) in [7, 11) is 0. The molecule has 1 saturated heterocycles. The lowest BCUT2D eigenvalue weighted by Gasteiger charge is -2.24. The fraction of sp³-hybridized carbons (Fsp3) is 0.400. The lowest BCUT2D eigenvalue weighted by Crippen LogP contribution is -2.45. The van der Waals surface area contributed by atoms with E-state index >= 15 is 0 Å². The molecule has 18 heavy (non-hydrogen) atoms. The highest BCUT2D eigenvalue weighted by atomic mass is 16.5. The number of hydrazine groups is 1. The van der Waals surface area contributed by atoms with Crippen molar-refractivity contribution in [2.24, 2.45) is 5.84 Å². The highest BCUT2D eigenvalue weighted by Crippen LogP contribution is 2.09. The van der Waals surface area contributed by atoms with Crippen LogP contribution >= 0.6 is 0 Å². The Morgan fingerprint density at radius 1 is 1.39 bits per heavy atom. The molecule has 0 aliphatic carbocycles. The molecule has 1 fully saturated rings. The van der Waals surface area contributed by atoms with Crippen LogP contribution in [0.4, 0.5) is 5.82 Å². The zero-order valence-corrected chi connectivity index (χ0v) is 9.84. The number of aryl methyl sites for hydroxylation is 1. The number of anilines is 1. The van der Waals surface area contributed by atoms with Gasteiger partial charge in [0.15, 0.2) is 5.82 Å². The molecule has 2 rings (SSSR count). The van der Waals surface area contributed by atoms with Gasteiger partial charge >= 0.3 is 0 Å². The van der Waals surface area contributed by atoms with Crippen molar-refractivity contribution in [3.8, 4) is 0 Å². The molecule has 0 spiro atoms. The van der Waals surface area contributed by atoms with E-state index in [1.807, 2.05) is 0 Å². The Bertz CT molecular complexity index is 474. The van der Waals surface area contributed by atoms with Gasteiger partial charge in [-0.1, -0.05) is 0 Å². The van der Waals surface area contributed by atoms with Crippen LogP contribution in [-0.2, 0) is 20.9 Å². The Labute approximate surface area is 103 Å². The number of nitrogens with zero attached hydrogens (tertiary/aromatic N) is 3. The lowest BCUT2D eigenvalue weighted by atomic mass is 10.3. The van der Waals surface area contributed by atoms with Crippen LogP contribution in [-0.4, -0.2) is 39.9 Å². The molecule has 1 aromatic heterocycles. The summed E-state index contributed by atoms with van der Waals surface area (Å²) in [5, 5.41) is 0. The van der Waals surface area contributed by atoms with Gasteiger partial charge in [-0.15, -0.1) is 0 Å². The largest absolute Gasteiger partial charge is 0.362 e. The predicted octanol–water partition coefficient (Wildman–Crippen LogP) is -1.04. The summed E-state index contributed by atoms with van der Waals surface area (Å²) in [6.45, 7) is 1.60. The normalized spacial score (nSPS) is 16.0. The number of nitrogens with one attached hydrogen (secondary N) is 1. The van der Waals surface area contributed by atoms with E-state index in [1.54, 1.807) is 13.0 Å². The van der Waals surface area contributed by atoms with Crippen molar-refractivity contribution >= 4 is 17.6 Å². The van der Waals surface area contributed by atoms with Crippen LogP contribution in [0, 0.1) is 6.92 Å². The number of hydrogen-bond donors (Lipinski definition) is 2. The number of nitrogens with two attached hydrogens (primary N) is 1. The van der Waals surface area contributed by atoms with E-state index < -0.39 is 11.8 Å². The molecule has 8 heteroatoms. The molecule has 0 aromatic carbocycles. The third-order valence-electron chi connectivity index (χ3n) is 2.40. The van der Waals surface area contributed by atoms with E-state index in [4.69, 9.17) is 10.6 Å². The van der Waals surface area contributed by atoms with Crippen LogP contribution in [0.1, 0.15) is 11.5 Å². The molecule has 0 unspecified atom stereocenters. The topological polar surface area (TPSA) is 110 Å². The van der Waals surface area contributed by atoms with Crippen molar-refractivity contribution < 1.29 is 14.3 Å². The van der Waals surface area contributed by atoms with Gasteiger partial charge in [0.2, 0.25) is 0 Å². The Hall–Kier alpha value is -2.06. The third kappa shape index (κ3) is 2.60. The summed E-state index contributed by atoms with van der Waals surface area (Å²) in [4.78, 5) is 32.4. The molecular formula is C10H13N5O3. The van der Waals surface area contributed by atoms with Crippen LogP contribution in [0.3, 0.4) is 0 Å². The quantitative estimate of drug-likeness (QED) is 0.401. The van der Waals surface area contributed by atoms with Gasteiger partial charge in [-0.2, -0.15) is 0 Å². The monoisotopic (exact) mass is 251 g/mol. The number of hydrogen-bond acceptors (Lipinski definition) is 7. The van der Waals surface area contributed by atoms with E-state index in [0.29, 0.717) is 17.3 Å². The maximum Gasteiger partial charge on any atom is 0.255 e. The zero-order valence-electron chi connectivity index (χ0n) is 9.84. The maximum absolute atomic E-state index is 11.5. The van der Waals surface area contributed by atoms with E-state index in [0.717, 1.165) is 4.90 Å².